The van der Waals surface area contributed by atoms with Gasteiger partial charge < -0.3 is 35.0 Å². The standard InChI is InChI=1S/C54H56F3N7O7S2/c1-33-46(73-32-60-33)37-10-8-34(9-11-37)29-59-48(67)44-27-41(65)30-62(44)49(68)47(52(2,3)4)61-45(66)31-70-24-5-6-25-71-42-20-15-36(16-21-42)35-12-17-39(18-13-35)64-51(72)63(50(69)53(64)22-7-23-53)40-19-14-38(28-58)43(26-40)54(55,56)57/h8-21,26,32,41,44,47,65H,5-7,22-25,27,29-31H2,1-4H3,(H,59,67)(H,61,66)/t41-,44+,47?/m1/s1. The molecule has 4 amide bonds. The summed E-state index contributed by atoms with van der Waals surface area (Å²) in [6.07, 6.45) is -2.62. The van der Waals surface area contributed by atoms with Crippen molar-refractivity contribution in [1.82, 2.24) is 20.5 Å². The molecule has 1 spiro atoms. The van der Waals surface area contributed by atoms with Crippen LogP contribution >= 0.6 is 23.6 Å². The zero-order chi connectivity index (χ0) is 52.2. The molecule has 73 heavy (non-hydrogen) atoms. The summed E-state index contributed by atoms with van der Waals surface area (Å²) >= 11 is 7.33. The average molecular weight is 1040 g/mol. The quantitative estimate of drug-likeness (QED) is 0.0600. The first kappa shape index (κ1) is 52.6. The fraction of sp³-hybridized carbons (Fsp3) is 0.389. The van der Waals surface area contributed by atoms with E-state index in [2.05, 4.69) is 15.6 Å². The minimum absolute atomic E-state index is 0.0339. The Bertz CT molecular complexity index is 2900. The monoisotopic (exact) mass is 1040 g/mol. The number of likely N-dealkylation sites (tertiary alicyclic amines) is 1. The van der Waals surface area contributed by atoms with E-state index in [4.69, 9.17) is 21.7 Å². The summed E-state index contributed by atoms with van der Waals surface area (Å²) < 4.78 is 53.2. The van der Waals surface area contributed by atoms with Gasteiger partial charge in [-0.2, -0.15) is 18.4 Å². The topological polar surface area (TPSA) is 177 Å². The highest BCUT2D eigenvalue weighted by Crippen LogP contribution is 2.49. The van der Waals surface area contributed by atoms with E-state index >= 15 is 0 Å². The number of hydrogen-bond acceptors (Lipinski definition) is 11. The second-order valence-corrected chi connectivity index (χ2v) is 20.8. The molecule has 1 aromatic heterocycles. The number of carbonyl (C=O) groups is 4. The summed E-state index contributed by atoms with van der Waals surface area (Å²) in [7, 11) is 0. The van der Waals surface area contributed by atoms with E-state index in [0.717, 1.165) is 56.3 Å². The van der Waals surface area contributed by atoms with Gasteiger partial charge in [0.1, 0.15) is 30.0 Å². The van der Waals surface area contributed by atoms with Gasteiger partial charge in [0.25, 0.3) is 5.91 Å². The lowest BCUT2D eigenvalue weighted by atomic mass is 9.75. The van der Waals surface area contributed by atoms with Crippen LogP contribution in [0.15, 0.2) is 96.5 Å². The van der Waals surface area contributed by atoms with Crippen molar-refractivity contribution in [2.75, 3.05) is 36.2 Å². The van der Waals surface area contributed by atoms with Crippen LogP contribution in [-0.4, -0.2) is 93.8 Å². The Morgan fingerprint density at radius 2 is 1.59 bits per heavy atom. The number of aryl methyl sites for hydroxylation is 1. The lowest BCUT2D eigenvalue weighted by Crippen LogP contribution is -2.58. The molecule has 3 aliphatic rings. The molecular formula is C54H56F3N7O7S2. The highest BCUT2D eigenvalue weighted by Gasteiger charge is 2.59. The first-order valence-electron chi connectivity index (χ1n) is 24.1. The normalized spacial score (nSPS) is 17.9. The number of aromatic nitrogens is 1. The number of thiazole rings is 1. The molecule has 19 heteroatoms. The van der Waals surface area contributed by atoms with Gasteiger partial charge in [0.05, 0.1) is 51.7 Å². The van der Waals surface area contributed by atoms with Crippen molar-refractivity contribution in [2.24, 2.45) is 5.41 Å². The van der Waals surface area contributed by atoms with Gasteiger partial charge in [0.15, 0.2) is 5.11 Å². The number of halogens is 3. The third-order valence-electron chi connectivity index (χ3n) is 13.5. The molecule has 14 nitrogen and oxygen atoms in total. The second kappa shape index (κ2) is 21.8. The van der Waals surface area contributed by atoms with Gasteiger partial charge >= 0.3 is 6.18 Å². The molecule has 8 rings (SSSR count). The Hall–Kier alpha value is -6.72. The third kappa shape index (κ3) is 11.4. The number of aliphatic hydroxyl groups excluding tert-OH is 1. The molecule has 3 atom stereocenters. The molecule has 3 heterocycles. The lowest BCUT2D eigenvalue weighted by molar-refractivity contribution is -0.144. The first-order chi connectivity index (χ1) is 34.8. The number of alkyl halides is 3. The van der Waals surface area contributed by atoms with Crippen LogP contribution in [-0.2, 0) is 36.6 Å². The summed E-state index contributed by atoms with van der Waals surface area (Å²) in [6, 6.07) is 25.7. The second-order valence-electron chi connectivity index (χ2n) is 19.6. The predicted octanol–water partition coefficient (Wildman–Crippen LogP) is 8.72. The van der Waals surface area contributed by atoms with E-state index in [1.165, 1.54) is 11.0 Å². The van der Waals surface area contributed by atoms with Gasteiger partial charge in [-0.25, -0.2) is 4.98 Å². The largest absolute Gasteiger partial charge is 0.494 e. The van der Waals surface area contributed by atoms with Crippen molar-refractivity contribution in [3.05, 3.63) is 119 Å². The van der Waals surface area contributed by atoms with Crippen LogP contribution in [0.3, 0.4) is 0 Å². The zero-order valence-corrected chi connectivity index (χ0v) is 42.5. The third-order valence-corrected chi connectivity index (χ3v) is 14.8. The molecule has 3 N–H and O–H groups in total. The number of thiocarbonyl (C=S) groups is 1. The number of anilines is 2. The number of carbonyl (C=O) groups excluding carboxylic acids is 4. The molecule has 1 aliphatic carbocycles. The molecule has 4 aromatic carbocycles. The Morgan fingerprint density at radius 1 is 0.945 bits per heavy atom. The molecule has 5 aromatic rings. The minimum Gasteiger partial charge on any atom is -0.494 e. The molecule has 1 unspecified atom stereocenters. The Morgan fingerprint density at radius 3 is 2.19 bits per heavy atom. The van der Waals surface area contributed by atoms with Crippen LogP contribution in [0.4, 0.5) is 24.5 Å². The van der Waals surface area contributed by atoms with Crippen molar-refractivity contribution in [2.45, 2.75) is 103 Å². The Labute approximate surface area is 431 Å². The van der Waals surface area contributed by atoms with Crippen molar-refractivity contribution < 1.29 is 46.9 Å². The lowest BCUT2D eigenvalue weighted by Gasteiger charge is -2.43. The summed E-state index contributed by atoms with van der Waals surface area (Å²) in [5.41, 5.74) is 3.65. The highest BCUT2D eigenvalue weighted by molar-refractivity contribution is 7.81. The number of rotatable bonds is 17. The zero-order valence-electron chi connectivity index (χ0n) is 40.8. The minimum atomic E-state index is -4.79. The van der Waals surface area contributed by atoms with E-state index in [-0.39, 0.29) is 49.4 Å². The molecule has 0 bridgehead atoms. The van der Waals surface area contributed by atoms with E-state index < -0.39 is 64.2 Å². The van der Waals surface area contributed by atoms with E-state index in [0.29, 0.717) is 43.7 Å². The van der Waals surface area contributed by atoms with Gasteiger partial charge in [-0.15, -0.1) is 11.3 Å². The van der Waals surface area contributed by atoms with Crippen LogP contribution in [0, 0.1) is 23.7 Å². The number of amides is 4. The van der Waals surface area contributed by atoms with E-state index in [1.54, 1.807) is 27.8 Å². The van der Waals surface area contributed by atoms with Crippen LogP contribution < -0.4 is 25.2 Å². The van der Waals surface area contributed by atoms with Crippen molar-refractivity contribution in [3.8, 4) is 33.4 Å². The van der Waals surface area contributed by atoms with Crippen molar-refractivity contribution >= 4 is 63.7 Å². The van der Waals surface area contributed by atoms with Crippen molar-refractivity contribution in [3.63, 3.8) is 0 Å². The van der Waals surface area contributed by atoms with Crippen LogP contribution in [0.1, 0.15) is 81.7 Å². The maximum absolute atomic E-state index is 14.0. The summed E-state index contributed by atoms with van der Waals surface area (Å²) in [5, 5.41) is 25.7. The molecule has 2 aliphatic heterocycles. The SMILES string of the molecule is Cc1ncsc1-c1ccc(CNC(=O)[C@@H]2C[C@@H](O)CN2C(=O)C(NC(=O)COCCCCOc2ccc(-c3ccc(N4C(=S)N(c5ccc(C#N)c(C(F)(F)F)c5)C(=O)C45CCC5)cc3)cc2)C(C)(C)C)cc1. The molecule has 0 radical (unpaired) electrons. The number of nitriles is 1. The number of unbranched alkanes of at least 4 members (excludes halogenated alkanes) is 1. The smallest absolute Gasteiger partial charge is 0.417 e. The number of benzene rings is 4. The fourth-order valence-electron chi connectivity index (χ4n) is 9.40. The van der Waals surface area contributed by atoms with Gasteiger partial charge in [0.2, 0.25) is 17.7 Å². The van der Waals surface area contributed by atoms with Crippen LogP contribution in [0.2, 0.25) is 0 Å². The summed E-state index contributed by atoms with van der Waals surface area (Å²) in [6.45, 7) is 8.02. The number of hydrogen-bond donors (Lipinski definition) is 3. The predicted molar refractivity (Wildman–Crippen MR) is 274 cm³/mol. The Kier molecular flexibility index (Phi) is 15.7. The Balaban J connectivity index is 0.773. The van der Waals surface area contributed by atoms with Crippen molar-refractivity contribution in [1.29, 1.82) is 5.26 Å². The molecule has 1 saturated carbocycles. The van der Waals surface area contributed by atoms with Crippen LogP contribution in [0.5, 0.6) is 5.75 Å². The first-order valence-corrected chi connectivity index (χ1v) is 25.3. The van der Waals surface area contributed by atoms with E-state index in [9.17, 15) is 42.7 Å². The number of aliphatic hydroxyl groups is 1. The van der Waals surface area contributed by atoms with Gasteiger partial charge in [-0.05, 0) is 121 Å². The highest BCUT2D eigenvalue weighted by atomic mass is 32.1. The number of ether oxygens (including phenoxy) is 2. The number of β-amino-alcohol motifs (C(OH)–C–C–N with tert-alkyl or cyclic N) is 1. The van der Waals surface area contributed by atoms with E-state index in [1.807, 2.05) is 100 Å². The van der Waals surface area contributed by atoms with Gasteiger partial charge in [0, 0.05) is 31.8 Å². The number of nitrogens with one attached hydrogen (secondary N) is 2. The molecule has 3 fully saturated rings. The number of nitrogens with zero attached hydrogens (tertiary/aromatic N) is 5. The fourth-order valence-corrected chi connectivity index (χ4v) is 10.7. The molecule has 2 saturated heterocycles. The maximum atomic E-state index is 14.0. The summed E-state index contributed by atoms with van der Waals surface area (Å²) in [4.78, 5) is 64.1. The average Bonchev–Trinajstić information content (AvgIpc) is 4.04. The summed E-state index contributed by atoms with van der Waals surface area (Å²) in [5.74, 6) is -1.07. The van der Waals surface area contributed by atoms with Gasteiger partial charge in [-0.3, -0.25) is 24.1 Å². The molecule has 382 valence electrons. The molecular weight excluding hydrogens is 980 g/mol. The maximum Gasteiger partial charge on any atom is 0.417 e. The van der Waals surface area contributed by atoms with Gasteiger partial charge in [-0.1, -0.05) is 69.3 Å². The van der Waals surface area contributed by atoms with Crippen LogP contribution in [0.25, 0.3) is 21.6 Å².